The molecule has 0 saturated heterocycles. The fourth-order valence-corrected chi connectivity index (χ4v) is 1.94. The molecule has 0 amide bonds. The van der Waals surface area contributed by atoms with Gasteiger partial charge in [0, 0.05) is 17.4 Å². The van der Waals surface area contributed by atoms with E-state index >= 15 is 0 Å². The van der Waals surface area contributed by atoms with Crippen LogP contribution in [0.4, 0.5) is 5.82 Å². The molecule has 19 heavy (non-hydrogen) atoms. The summed E-state index contributed by atoms with van der Waals surface area (Å²) in [5.74, 6) is 1.35. The van der Waals surface area contributed by atoms with Crippen LogP contribution in [0.25, 0.3) is 5.65 Å². The molecule has 5 nitrogen and oxygen atoms in total. The molecular weight excluding hydrogens is 264 g/mol. The number of hydrogen-bond donors (Lipinski definition) is 1. The number of aromatic nitrogens is 3. The predicted octanol–water partition coefficient (Wildman–Crippen LogP) is 3.07. The molecule has 2 N–H and O–H groups in total. The van der Waals surface area contributed by atoms with Crippen molar-refractivity contribution in [2.24, 2.45) is 0 Å². The van der Waals surface area contributed by atoms with Crippen LogP contribution < -0.4 is 10.5 Å². The second-order valence-corrected chi connectivity index (χ2v) is 4.58. The van der Waals surface area contributed by atoms with Gasteiger partial charge >= 0.3 is 0 Å². The number of ether oxygens (including phenoxy) is 1. The van der Waals surface area contributed by atoms with Crippen molar-refractivity contribution in [3.05, 3.63) is 47.4 Å². The van der Waals surface area contributed by atoms with Crippen molar-refractivity contribution in [2.45, 2.75) is 6.92 Å². The summed E-state index contributed by atoms with van der Waals surface area (Å²) in [4.78, 5) is 8.36. The van der Waals surface area contributed by atoms with Gasteiger partial charge < -0.3 is 10.5 Å². The Morgan fingerprint density at radius 3 is 3.05 bits per heavy atom. The molecule has 0 atom stereocenters. The molecule has 0 bridgehead atoms. The number of fused-ring (bicyclic) bond motifs is 1. The number of imidazole rings is 1. The number of aryl methyl sites for hydroxylation is 1. The lowest BCUT2D eigenvalue weighted by molar-refractivity contribution is 0.462. The highest BCUT2D eigenvalue weighted by Gasteiger charge is 2.10. The zero-order chi connectivity index (χ0) is 13.4. The molecule has 0 aliphatic rings. The van der Waals surface area contributed by atoms with Gasteiger partial charge in [-0.2, -0.15) is 4.98 Å². The largest absolute Gasteiger partial charge is 0.436 e. The van der Waals surface area contributed by atoms with Gasteiger partial charge in [-0.1, -0.05) is 17.7 Å². The van der Waals surface area contributed by atoms with Gasteiger partial charge in [-0.3, -0.25) is 4.40 Å². The third-order valence-electron chi connectivity index (χ3n) is 2.72. The van der Waals surface area contributed by atoms with Crippen LogP contribution in [-0.4, -0.2) is 14.4 Å². The Kier molecular flexibility index (Phi) is 2.76. The van der Waals surface area contributed by atoms with Crippen LogP contribution in [0.5, 0.6) is 11.6 Å². The minimum atomic E-state index is 0.357. The summed E-state index contributed by atoms with van der Waals surface area (Å²) in [7, 11) is 0. The maximum Gasteiger partial charge on any atom is 0.265 e. The smallest absolute Gasteiger partial charge is 0.265 e. The van der Waals surface area contributed by atoms with Gasteiger partial charge in [0.15, 0.2) is 0 Å². The van der Waals surface area contributed by atoms with Crippen LogP contribution in [-0.2, 0) is 0 Å². The number of halogens is 1. The number of nitrogen functional groups attached to an aromatic ring is 1. The summed E-state index contributed by atoms with van der Waals surface area (Å²) in [5.41, 5.74) is 7.30. The third-order valence-corrected chi connectivity index (χ3v) is 2.95. The van der Waals surface area contributed by atoms with Gasteiger partial charge in [0.25, 0.3) is 5.88 Å². The topological polar surface area (TPSA) is 65.4 Å². The van der Waals surface area contributed by atoms with E-state index in [0.29, 0.717) is 28.1 Å². The molecule has 3 rings (SSSR count). The minimum absolute atomic E-state index is 0.357. The third kappa shape index (κ3) is 2.20. The van der Waals surface area contributed by atoms with Gasteiger partial charge in [0.1, 0.15) is 11.6 Å². The van der Waals surface area contributed by atoms with E-state index in [9.17, 15) is 0 Å². The molecule has 96 valence electrons. The minimum Gasteiger partial charge on any atom is -0.436 e. The number of benzene rings is 1. The SMILES string of the molecule is Cc1ccc(Cl)cc1Oc1nc(N)cn2ccnc12. The average molecular weight is 275 g/mol. The van der Waals surface area contributed by atoms with Crippen LogP contribution in [0.1, 0.15) is 5.56 Å². The number of hydrogen-bond acceptors (Lipinski definition) is 4. The first-order chi connectivity index (χ1) is 9.13. The number of nitrogens with zero attached hydrogens (tertiary/aromatic N) is 3. The zero-order valence-corrected chi connectivity index (χ0v) is 10.9. The zero-order valence-electron chi connectivity index (χ0n) is 10.2. The predicted molar refractivity (Wildman–Crippen MR) is 73.7 cm³/mol. The van der Waals surface area contributed by atoms with E-state index in [2.05, 4.69) is 9.97 Å². The van der Waals surface area contributed by atoms with Crippen molar-refractivity contribution >= 4 is 23.1 Å². The molecule has 0 aliphatic heterocycles. The molecule has 1 aromatic carbocycles. The standard InChI is InChI=1S/C13H11ClN4O/c1-8-2-3-9(14)6-10(8)19-13-12-16-4-5-18(12)7-11(15)17-13/h2-7H,15H2,1H3. The lowest BCUT2D eigenvalue weighted by atomic mass is 10.2. The number of rotatable bonds is 2. The Bertz CT molecular complexity index is 753. The summed E-state index contributed by atoms with van der Waals surface area (Å²) in [5, 5.41) is 0.601. The fraction of sp³-hybridized carbons (Fsp3) is 0.0769. The van der Waals surface area contributed by atoms with E-state index in [-0.39, 0.29) is 0 Å². The van der Waals surface area contributed by atoms with Crippen molar-refractivity contribution in [2.75, 3.05) is 5.73 Å². The average Bonchev–Trinajstić information content (AvgIpc) is 2.82. The van der Waals surface area contributed by atoms with Crippen LogP contribution in [0, 0.1) is 6.92 Å². The summed E-state index contributed by atoms with van der Waals surface area (Å²) in [6.07, 6.45) is 5.12. The molecule has 0 radical (unpaired) electrons. The van der Waals surface area contributed by atoms with Crippen molar-refractivity contribution in [3.63, 3.8) is 0 Å². The molecule has 2 aromatic heterocycles. The van der Waals surface area contributed by atoms with Gasteiger partial charge in [-0.25, -0.2) is 4.98 Å². The van der Waals surface area contributed by atoms with Crippen LogP contribution in [0.2, 0.25) is 5.02 Å². The summed E-state index contributed by atoms with van der Waals surface area (Å²) < 4.78 is 7.54. The molecule has 0 spiro atoms. The van der Waals surface area contributed by atoms with Gasteiger partial charge in [0.2, 0.25) is 5.65 Å². The van der Waals surface area contributed by atoms with E-state index in [4.69, 9.17) is 22.1 Å². The first-order valence-electron chi connectivity index (χ1n) is 5.66. The normalized spacial score (nSPS) is 10.8. The first-order valence-corrected chi connectivity index (χ1v) is 6.04. The highest BCUT2D eigenvalue weighted by molar-refractivity contribution is 6.30. The Morgan fingerprint density at radius 1 is 1.37 bits per heavy atom. The summed E-state index contributed by atoms with van der Waals surface area (Å²) in [6, 6.07) is 5.43. The van der Waals surface area contributed by atoms with Crippen molar-refractivity contribution < 1.29 is 4.74 Å². The van der Waals surface area contributed by atoms with Crippen LogP contribution in [0.15, 0.2) is 36.8 Å². The second kappa shape index (κ2) is 4.44. The Morgan fingerprint density at radius 2 is 2.21 bits per heavy atom. The fourth-order valence-electron chi connectivity index (χ4n) is 1.78. The van der Waals surface area contributed by atoms with Crippen molar-refractivity contribution in [3.8, 4) is 11.6 Å². The highest BCUT2D eigenvalue weighted by atomic mass is 35.5. The van der Waals surface area contributed by atoms with Crippen molar-refractivity contribution in [1.29, 1.82) is 0 Å². The van der Waals surface area contributed by atoms with Gasteiger partial charge in [-0.05, 0) is 24.6 Å². The molecule has 3 aromatic rings. The first kappa shape index (κ1) is 11.8. The van der Waals surface area contributed by atoms with Crippen LogP contribution >= 0.6 is 11.6 Å². The van der Waals surface area contributed by atoms with E-state index < -0.39 is 0 Å². The van der Waals surface area contributed by atoms with E-state index in [1.165, 1.54) is 0 Å². The van der Waals surface area contributed by atoms with E-state index in [1.807, 2.05) is 19.1 Å². The monoisotopic (exact) mass is 274 g/mol. The Balaban J connectivity index is 2.10. The summed E-state index contributed by atoms with van der Waals surface area (Å²) in [6.45, 7) is 1.93. The van der Waals surface area contributed by atoms with Crippen LogP contribution in [0.3, 0.4) is 0 Å². The highest BCUT2D eigenvalue weighted by Crippen LogP contribution is 2.29. The molecule has 6 heteroatoms. The molecule has 0 saturated carbocycles. The van der Waals surface area contributed by atoms with E-state index in [1.54, 1.807) is 29.1 Å². The van der Waals surface area contributed by atoms with Gasteiger partial charge in [-0.15, -0.1) is 0 Å². The maximum absolute atomic E-state index is 5.97. The molecule has 2 heterocycles. The maximum atomic E-state index is 5.97. The summed E-state index contributed by atoms with van der Waals surface area (Å²) >= 11 is 5.97. The molecule has 0 aliphatic carbocycles. The Hall–Kier alpha value is -2.27. The van der Waals surface area contributed by atoms with E-state index in [0.717, 1.165) is 5.56 Å². The lowest BCUT2D eigenvalue weighted by Crippen LogP contribution is -1.99. The Labute approximate surface area is 114 Å². The second-order valence-electron chi connectivity index (χ2n) is 4.14. The molecule has 0 unspecified atom stereocenters. The quantitative estimate of drug-likeness (QED) is 0.780. The number of anilines is 1. The van der Waals surface area contributed by atoms with Crippen molar-refractivity contribution in [1.82, 2.24) is 14.4 Å². The van der Waals surface area contributed by atoms with Gasteiger partial charge in [0.05, 0.1) is 6.20 Å². The number of nitrogens with two attached hydrogens (primary N) is 1. The molecule has 0 fully saturated rings. The molecular formula is C13H11ClN4O. The lowest BCUT2D eigenvalue weighted by Gasteiger charge is -2.09.